The molecule has 0 bridgehead atoms. The maximum Gasteiger partial charge on any atom is 0.271 e. The molecule has 1 aromatic carbocycles. The Labute approximate surface area is 163 Å². The van der Waals surface area contributed by atoms with Gasteiger partial charge in [0.2, 0.25) is 0 Å². The number of aromatic nitrogens is 3. The molecule has 1 aliphatic heterocycles. The van der Waals surface area contributed by atoms with Crippen molar-refractivity contribution in [3.63, 3.8) is 0 Å². The molecule has 7 heteroatoms. The van der Waals surface area contributed by atoms with Gasteiger partial charge in [-0.1, -0.05) is 23.4 Å². The minimum absolute atomic E-state index is 0.122. The van der Waals surface area contributed by atoms with E-state index in [2.05, 4.69) is 26.5 Å². The number of fused-ring (bicyclic) bond motifs is 1. The molecule has 3 aromatic rings. The fourth-order valence-corrected chi connectivity index (χ4v) is 3.86. The molecule has 4 rings (SSSR count). The van der Waals surface area contributed by atoms with Crippen molar-refractivity contribution in [2.45, 2.75) is 39.0 Å². The Morgan fingerprint density at radius 3 is 2.82 bits per heavy atom. The van der Waals surface area contributed by atoms with E-state index in [0.717, 1.165) is 46.3 Å². The van der Waals surface area contributed by atoms with Crippen LogP contribution in [0.2, 0.25) is 0 Å². The van der Waals surface area contributed by atoms with Crippen LogP contribution >= 0.6 is 0 Å². The van der Waals surface area contributed by atoms with Gasteiger partial charge in [0.15, 0.2) is 0 Å². The predicted molar refractivity (Wildman–Crippen MR) is 104 cm³/mol. The van der Waals surface area contributed by atoms with Gasteiger partial charge in [-0.05, 0) is 38.3 Å². The van der Waals surface area contributed by atoms with Gasteiger partial charge in [-0.2, -0.15) is 0 Å². The molecule has 0 spiro atoms. The van der Waals surface area contributed by atoms with Gasteiger partial charge in [0.1, 0.15) is 23.0 Å². The van der Waals surface area contributed by atoms with E-state index < -0.39 is 0 Å². The zero-order valence-electron chi connectivity index (χ0n) is 16.3. The maximum atomic E-state index is 12.5. The standard InChI is InChI=1S/C21H24N4O3/c1-12-15(13(2)28-25-12)8-9-19-23-17-10-14(11-22-21(26)20(17)24-19)16-6-4-5-7-18(16)27-3/h4-7,14H,8-11H2,1-3H3,(H,22,26)(H,23,24)/t14-/m1/s1. The van der Waals surface area contributed by atoms with Crippen molar-refractivity contribution in [2.24, 2.45) is 0 Å². The predicted octanol–water partition coefficient (Wildman–Crippen LogP) is 2.88. The van der Waals surface area contributed by atoms with Crippen LogP contribution in [-0.4, -0.2) is 34.7 Å². The number of ether oxygens (including phenoxy) is 1. The maximum absolute atomic E-state index is 12.5. The van der Waals surface area contributed by atoms with Crippen LogP contribution in [0.5, 0.6) is 5.75 Å². The van der Waals surface area contributed by atoms with E-state index in [0.29, 0.717) is 25.1 Å². The van der Waals surface area contributed by atoms with Crippen molar-refractivity contribution in [1.82, 2.24) is 20.4 Å². The largest absolute Gasteiger partial charge is 0.496 e. The number of aryl methyl sites for hydroxylation is 3. The summed E-state index contributed by atoms with van der Waals surface area (Å²) < 4.78 is 10.7. The second-order valence-electron chi connectivity index (χ2n) is 7.17. The molecule has 1 aliphatic rings. The van der Waals surface area contributed by atoms with E-state index in [4.69, 9.17) is 9.26 Å². The van der Waals surface area contributed by atoms with E-state index >= 15 is 0 Å². The monoisotopic (exact) mass is 380 g/mol. The molecule has 2 aromatic heterocycles. The van der Waals surface area contributed by atoms with Gasteiger partial charge in [0.05, 0.1) is 12.8 Å². The summed E-state index contributed by atoms with van der Waals surface area (Å²) in [5.74, 6) is 2.47. The Balaban J connectivity index is 1.57. The minimum atomic E-state index is -0.132. The van der Waals surface area contributed by atoms with Gasteiger partial charge in [-0.25, -0.2) is 4.98 Å². The van der Waals surface area contributed by atoms with Crippen molar-refractivity contribution < 1.29 is 14.1 Å². The molecule has 28 heavy (non-hydrogen) atoms. The molecule has 0 radical (unpaired) electrons. The Bertz CT molecular complexity index is 986. The van der Waals surface area contributed by atoms with Gasteiger partial charge >= 0.3 is 0 Å². The lowest BCUT2D eigenvalue weighted by Crippen LogP contribution is -2.26. The Morgan fingerprint density at radius 1 is 1.25 bits per heavy atom. The molecule has 7 nitrogen and oxygen atoms in total. The summed E-state index contributed by atoms with van der Waals surface area (Å²) in [6.07, 6.45) is 2.17. The third kappa shape index (κ3) is 3.40. The van der Waals surface area contributed by atoms with E-state index in [-0.39, 0.29) is 11.8 Å². The number of H-pyrrole nitrogens is 1. The number of carbonyl (C=O) groups excluding carboxylic acids is 1. The van der Waals surface area contributed by atoms with Gasteiger partial charge < -0.3 is 19.6 Å². The molecule has 0 aliphatic carbocycles. The number of carbonyl (C=O) groups is 1. The first-order valence-electron chi connectivity index (χ1n) is 9.47. The fourth-order valence-electron chi connectivity index (χ4n) is 3.86. The molecule has 146 valence electrons. The molecule has 0 saturated carbocycles. The average molecular weight is 380 g/mol. The van der Waals surface area contributed by atoms with E-state index in [9.17, 15) is 4.79 Å². The SMILES string of the molecule is COc1ccccc1[C@H]1CNC(=O)c2nc(CCc3c(C)noc3C)[nH]c2C1. The molecule has 0 saturated heterocycles. The molecular formula is C21H24N4O3. The summed E-state index contributed by atoms with van der Waals surface area (Å²) in [7, 11) is 1.67. The average Bonchev–Trinajstić information content (AvgIpc) is 3.21. The lowest BCUT2D eigenvalue weighted by atomic mass is 9.93. The lowest BCUT2D eigenvalue weighted by Gasteiger charge is -2.17. The van der Waals surface area contributed by atoms with Crippen LogP contribution in [0.25, 0.3) is 0 Å². The number of benzene rings is 1. The third-order valence-electron chi connectivity index (χ3n) is 5.37. The normalized spacial score (nSPS) is 16.4. The van der Waals surface area contributed by atoms with Crippen LogP contribution in [-0.2, 0) is 19.3 Å². The van der Waals surface area contributed by atoms with Crippen molar-refractivity contribution >= 4 is 5.91 Å². The number of methoxy groups -OCH3 is 1. The highest BCUT2D eigenvalue weighted by atomic mass is 16.5. The highest BCUT2D eigenvalue weighted by Gasteiger charge is 2.27. The van der Waals surface area contributed by atoms with Crippen LogP contribution in [0.15, 0.2) is 28.8 Å². The molecule has 0 fully saturated rings. The van der Waals surface area contributed by atoms with Crippen molar-refractivity contribution in [3.8, 4) is 5.75 Å². The second-order valence-corrected chi connectivity index (χ2v) is 7.17. The van der Waals surface area contributed by atoms with Crippen molar-refractivity contribution in [1.29, 1.82) is 0 Å². The molecule has 2 N–H and O–H groups in total. The highest BCUT2D eigenvalue weighted by molar-refractivity contribution is 5.94. The number of nitrogens with zero attached hydrogens (tertiary/aromatic N) is 2. The van der Waals surface area contributed by atoms with Gasteiger partial charge in [-0.15, -0.1) is 0 Å². The molecule has 1 atom stereocenters. The summed E-state index contributed by atoms with van der Waals surface area (Å²) in [4.78, 5) is 20.5. The lowest BCUT2D eigenvalue weighted by molar-refractivity contribution is 0.0950. The van der Waals surface area contributed by atoms with Crippen LogP contribution in [0.3, 0.4) is 0 Å². The first-order chi connectivity index (χ1) is 13.6. The number of amides is 1. The third-order valence-corrected chi connectivity index (χ3v) is 5.37. The molecule has 3 heterocycles. The van der Waals surface area contributed by atoms with Crippen LogP contribution in [0.4, 0.5) is 0 Å². The van der Waals surface area contributed by atoms with Gasteiger partial charge in [0.25, 0.3) is 5.91 Å². The summed E-state index contributed by atoms with van der Waals surface area (Å²) in [6.45, 7) is 4.41. The van der Waals surface area contributed by atoms with Crippen molar-refractivity contribution in [3.05, 3.63) is 64.1 Å². The van der Waals surface area contributed by atoms with E-state index in [1.807, 2.05) is 32.0 Å². The fraction of sp³-hybridized carbons (Fsp3) is 0.381. The topological polar surface area (TPSA) is 93.0 Å². The van der Waals surface area contributed by atoms with Gasteiger partial charge in [0, 0.05) is 30.1 Å². The first-order valence-corrected chi connectivity index (χ1v) is 9.47. The number of imidazole rings is 1. The Morgan fingerprint density at radius 2 is 2.07 bits per heavy atom. The number of nitrogens with one attached hydrogen (secondary N) is 2. The molecule has 1 amide bonds. The molecular weight excluding hydrogens is 356 g/mol. The zero-order chi connectivity index (χ0) is 19.7. The number of hydrogen-bond donors (Lipinski definition) is 2. The highest BCUT2D eigenvalue weighted by Crippen LogP contribution is 2.31. The van der Waals surface area contributed by atoms with Crippen LogP contribution in [0, 0.1) is 13.8 Å². The smallest absolute Gasteiger partial charge is 0.271 e. The van der Waals surface area contributed by atoms with E-state index in [1.165, 1.54) is 0 Å². The van der Waals surface area contributed by atoms with Crippen LogP contribution < -0.4 is 10.1 Å². The summed E-state index contributed by atoms with van der Waals surface area (Å²) >= 11 is 0. The second kappa shape index (κ2) is 7.50. The number of hydrogen-bond acceptors (Lipinski definition) is 5. The quantitative estimate of drug-likeness (QED) is 0.710. The summed E-state index contributed by atoms with van der Waals surface area (Å²) in [5.41, 5.74) is 4.46. The first kappa shape index (κ1) is 18.3. The van der Waals surface area contributed by atoms with E-state index in [1.54, 1.807) is 7.11 Å². The minimum Gasteiger partial charge on any atom is -0.496 e. The number of para-hydroxylation sites is 1. The summed E-state index contributed by atoms with van der Waals surface area (Å²) in [6, 6.07) is 7.94. The zero-order valence-corrected chi connectivity index (χ0v) is 16.3. The Kier molecular flexibility index (Phi) is 4.90. The van der Waals surface area contributed by atoms with Crippen molar-refractivity contribution in [2.75, 3.05) is 13.7 Å². The number of rotatable bonds is 5. The van der Waals surface area contributed by atoms with Crippen LogP contribution in [0.1, 0.15) is 50.5 Å². The summed E-state index contributed by atoms with van der Waals surface area (Å²) in [5, 5.41) is 7.00. The Hall–Kier alpha value is -3.09. The molecule has 0 unspecified atom stereocenters. The number of aromatic amines is 1. The van der Waals surface area contributed by atoms with Gasteiger partial charge in [-0.3, -0.25) is 4.79 Å².